The number of alkyl halides is 2. The van der Waals surface area contributed by atoms with Crippen LogP contribution in [0.25, 0.3) is 5.69 Å². The lowest BCUT2D eigenvalue weighted by molar-refractivity contribution is -0.0514. The molecule has 0 aliphatic rings. The Morgan fingerprint density at radius 3 is 2.52 bits per heavy atom. The topological polar surface area (TPSA) is 65.8 Å². The monoisotopic (exact) mass is 431 g/mol. The Morgan fingerprint density at radius 1 is 1.13 bits per heavy atom. The van der Waals surface area contributed by atoms with Crippen LogP contribution < -0.4 is 14.2 Å². The van der Waals surface area contributed by atoms with Gasteiger partial charge in [-0.25, -0.2) is 4.68 Å². The van der Waals surface area contributed by atoms with Crippen LogP contribution in [-0.4, -0.2) is 48.0 Å². The Labute approximate surface area is 178 Å². The average Bonchev–Trinajstić information content (AvgIpc) is 3.20. The van der Waals surface area contributed by atoms with Gasteiger partial charge in [-0.3, -0.25) is 4.79 Å². The van der Waals surface area contributed by atoms with Gasteiger partial charge in [0.05, 0.1) is 25.6 Å². The molecule has 9 heteroatoms. The van der Waals surface area contributed by atoms with Gasteiger partial charge >= 0.3 is 6.61 Å². The molecule has 0 radical (unpaired) electrons. The first-order chi connectivity index (χ1) is 14.9. The number of para-hydroxylation sites is 1. The van der Waals surface area contributed by atoms with E-state index in [0.29, 0.717) is 11.3 Å². The van der Waals surface area contributed by atoms with Gasteiger partial charge < -0.3 is 19.1 Å². The molecule has 1 heterocycles. The molecule has 0 aliphatic heterocycles. The molecule has 2 aromatic carbocycles. The van der Waals surface area contributed by atoms with Crippen LogP contribution in [-0.2, 0) is 6.54 Å². The van der Waals surface area contributed by atoms with E-state index in [-0.39, 0.29) is 36.3 Å². The first-order valence-electron chi connectivity index (χ1n) is 9.58. The maximum Gasteiger partial charge on any atom is 0.387 e. The average molecular weight is 431 g/mol. The third-order valence-electron chi connectivity index (χ3n) is 4.41. The minimum absolute atomic E-state index is 0.0575. The van der Waals surface area contributed by atoms with E-state index in [9.17, 15) is 13.6 Å². The van der Waals surface area contributed by atoms with Crippen LogP contribution in [0.15, 0.2) is 54.7 Å². The Kier molecular flexibility index (Phi) is 7.07. The molecule has 0 aliphatic carbocycles. The van der Waals surface area contributed by atoms with Crippen LogP contribution in [0, 0.1) is 0 Å². The van der Waals surface area contributed by atoms with Crippen LogP contribution in [0.5, 0.6) is 17.2 Å². The molecule has 1 amide bonds. The van der Waals surface area contributed by atoms with Crippen LogP contribution in [0.4, 0.5) is 8.78 Å². The first kappa shape index (κ1) is 22.1. The first-order valence-corrected chi connectivity index (χ1v) is 9.58. The van der Waals surface area contributed by atoms with Crippen molar-refractivity contribution in [2.24, 2.45) is 0 Å². The SMILES string of the molecule is CCOc1cc(CN(C)C(=O)c2nn(-c3ccccc3)cc2OC)ccc1OC(F)F. The number of halogens is 2. The number of hydrogen-bond acceptors (Lipinski definition) is 5. The van der Waals surface area contributed by atoms with Gasteiger partial charge in [-0.1, -0.05) is 24.3 Å². The minimum atomic E-state index is -2.96. The van der Waals surface area contributed by atoms with E-state index in [1.54, 1.807) is 37.0 Å². The standard InChI is InChI=1S/C22H23F2N3O4/c1-4-30-18-12-15(10-11-17(18)31-22(23)24)13-26(2)21(28)20-19(29-3)14-27(25-20)16-8-6-5-7-9-16/h5-12,14,22H,4,13H2,1-3H3. The van der Waals surface area contributed by atoms with Gasteiger partial charge in [0.25, 0.3) is 5.91 Å². The molecule has 0 spiro atoms. The molecule has 1 aromatic heterocycles. The maximum atomic E-state index is 13.0. The highest BCUT2D eigenvalue weighted by Gasteiger charge is 2.22. The Bertz CT molecular complexity index is 1020. The molecule has 31 heavy (non-hydrogen) atoms. The number of ether oxygens (including phenoxy) is 3. The highest BCUT2D eigenvalue weighted by Crippen LogP contribution is 2.30. The summed E-state index contributed by atoms with van der Waals surface area (Å²) in [5.41, 5.74) is 1.64. The third kappa shape index (κ3) is 5.30. The highest BCUT2D eigenvalue weighted by molar-refractivity contribution is 5.94. The summed E-state index contributed by atoms with van der Waals surface area (Å²) in [7, 11) is 3.09. The predicted molar refractivity (Wildman–Crippen MR) is 110 cm³/mol. The van der Waals surface area contributed by atoms with E-state index in [1.807, 2.05) is 30.3 Å². The summed E-state index contributed by atoms with van der Waals surface area (Å²) in [4.78, 5) is 14.5. The minimum Gasteiger partial charge on any atom is -0.493 e. The van der Waals surface area contributed by atoms with Crippen molar-refractivity contribution in [2.75, 3.05) is 20.8 Å². The number of aromatic nitrogens is 2. The fourth-order valence-corrected chi connectivity index (χ4v) is 3.01. The van der Waals surface area contributed by atoms with Gasteiger partial charge in [0.15, 0.2) is 22.9 Å². The second-order valence-electron chi connectivity index (χ2n) is 6.58. The van der Waals surface area contributed by atoms with Crippen molar-refractivity contribution in [3.05, 3.63) is 66.0 Å². The molecule has 0 N–H and O–H groups in total. The fraction of sp³-hybridized carbons (Fsp3) is 0.273. The van der Waals surface area contributed by atoms with Crippen LogP contribution in [0.3, 0.4) is 0 Å². The molecular formula is C22H23F2N3O4. The van der Waals surface area contributed by atoms with Gasteiger partial charge in [-0.2, -0.15) is 13.9 Å². The molecule has 0 saturated heterocycles. The smallest absolute Gasteiger partial charge is 0.387 e. The van der Waals surface area contributed by atoms with Crippen molar-refractivity contribution in [3.8, 4) is 22.9 Å². The van der Waals surface area contributed by atoms with Crippen molar-refractivity contribution in [1.82, 2.24) is 14.7 Å². The molecule has 0 fully saturated rings. The molecule has 7 nitrogen and oxygen atoms in total. The summed E-state index contributed by atoms with van der Waals surface area (Å²) in [6.07, 6.45) is 1.64. The number of nitrogens with zero attached hydrogens (tertiary/aromatic N) is 3. The van der Waals surface area contributed by atoms with Crippen LogP contribution in [0.1, 0.15) is 23.0 Å². The second-order valence-corrected chi connectivity index (χ2v) is 6.58. The zero-order valence-electron chi connectivity index (χ0n) is 17.4. The lowest BCUT2D eigenvalue weighted by atomic mass is 10.2. The van der Waals surface area contributed by atoms with Crippen molar-refractivity contribution in [1.29, 1.82) is 0 Å². The zero-order chi connectivity index (χ0) is 22.4. The lowest BCUT2D eigenvalue weighted by Gasteiger charge is -2.18. The molecule has 0 saturated carbocycles. The maximum absolute atomic E-state index is 13.0. The quantitative estimate of drug-likeness (QED) is 0.509. The normalized spacial score (nSPS) is 10.8. The number of amides is 1. The molecule has 3 rings (SSSR count). The fourth-order valence-electron chi connectivity index (χ4n) is 3.01. The van der Waals surface area contributed by atoms with Gasteiger partial charge in [0.2, 0.25) is 0 Å². The van der Waals surface area contributed by atoms with Crippen molar-refractivity contribution in [3.63, 3.8) is 0 Å². The molecule has 0 unspecified atom stereocenters. The Morgan fingerprint density at radius 2 is 1.87 bits per heavy atom. The van der Waals surface area contributed by atoms with Crippen LogP contribution in [0.2, 0.25) is 0 Å². The van der Waals surface area contributed by atoms with Crippen molar-refractivity contribution >= 4 is 5.91 Å². The van der Waals surface area contributed by atoms with Gasteiger partial charge in [-0.15, -0.1) is 0 Å². The summed E-state index contributed by atoms with van der Waals surface area (Å²) >= 11 is 0. The summed E-state index contributed by atoms with van der Waals surface area (Å²) in [5, 5.41) is 4.38. The molecule has 3 aromatic rings. The summed E-state index contributed by atoms with van der Waals surface area (Å²) in [6, 6.07) is 13.9. The largest absolute Gasteiger partial charge is 0.493 e. The van der Waals surface area contributed by atoms with E-state index >= 15 is 0 Å². The summed E-state index contributed by atoms with van der Waals surface area (Å²) < 4.78 is 42.0. The van der Waals surface area contributed by atoms with E-state index in [4.69, 9.17) is 9.47 Å². The Balaban J connectivity index is 1.80. The number of carbonyl (C=O) groups is 1. The van der Waals surface area contributed by atoms with E-state index in [0.717, 1.165) is 5.69 Å². The number of carbonyl (C=O) groups excluding carboxylic acids is 1. The number of hydrogen-bond donors (Lipinski definition) is 0. The predicted octanol–water partition coefficient (Wildman–Crippen LogP) is 4.15. The lowest BCUT2D eigenvalue weighted by Crippen LogP contribution is -2.27. The number of rotatable bonds is 9. The van der Waals surface area contributed by atoms with Crippen LogP contribution >= 0.6 is 0 Å². The second kappa shape index (κ2) is 9.92. The highest BCUT2D eigenvalue weighted by atomic mass is 19.3. The number of methoxy groups -OCH3 is 1. The number of benzene rings is 2. The third-order valence-corrected chi connectivity index (χ3v) is 4.41. The van der Waals surface area contributed by atoms with Gasteiger partial charge in [0.1, 0.15) is 0 Å². The Hall–Kier alpha value is -3.62. The van der Waals surface area contributed by atoms with Gasteiger partial charge in [-0.05, 0) is 36.8 Å². The van der Waals surface area contributed by atoms with Crippen molar-refractivity contribution in [2.45, 2.75) is 20.1 Å². The summed E-state index contributed by atoms with van der Waals surface area (Å²) in [5.74, 6) is 0.124. The molecule has 164 valence electrons. The van der Waals surface area contributed by atoms with E-state index in [2.05, 4.69) is 9.84 Å². The van der Waals surface area contributed by atoms with E-state index < -0.39 is 6.61 Å². The zero-order valence-corrected chi connectivity index (χ0v) is 17.4. The van der Waals surface area contributed by atoms with E-state index in [1.165, 1.54) is 18.1 Å². The molecular weight excluding hydrogens is 408 g/mol. The molecule has 0 bridgehead atoms. The van der Waals surface area contributed by atoms with Gasteiger partial charge in [0, 0.05) is 13.6 Å². The summed E-state index contributed by atoms with van der Waals surface area (Å²) in [6.45, 7) is -0.730. The van der Waals surface area contributed by atoms with Crippen molar-refractivity contribution < 1.29 is 27.8 Å². The molecule has 0 atom stereocenters.